The van der Waals surface area contributed by atoms with Gasteiger partial charge in [-0.05, 0) is 109 Å². The number of fused-ring (bicyclic) bond motifs is 4. The van der Waals surface area contributed by atoms with Crippen LogP contribution in [0.3, 0.4) is 0 Å². The predicted molar refractivity (Wildman–Crippen MR) is 206 cm³/mol. The van der Waals surface area contributed by atoms with E-state index in [0.29, 0.717) is 11.8 Å². The van der Waals surface area contributed by atoms with Gasteiger partial charge < -0.3 is 13.9 Å². The van der Waals surface area contributed by atoms with Crippen LogP contribution in [0.4, 0.5) is 0 Å². The first kappa shape index (κ1) is 30.0. The lowest BCUT2D eigenvalue weighted by atomic mass is 9.42. The fourth-order valence-corrected chi connectivity index (χ4v) is 11.0. The molecule has 5 aromatic carbocycles. The number of rotatable bonds is 6. The Morgan fingerprint density at radius 2 is 1.35 bits per heavy atom. The number of ether oxygens (including phenoxy) is 1. The Labute approximate surface area is 303 Å². The Morgan fingerprint density at radius 3 is 2.17 bits per heavy atom. The third-order valence-corrected chi connectivity index (χ3v) is 12.8. The van der Waals surface area contributed by atoms with Gasteiger partial charge in [-0.25, -0.2) is 4.98 Å². The molecule has 0 aliphatic heterocycles. The van der Waals surface area contributed by atoms with Crippen LogP contribution in [0.5, 0.6) is 11.5 Å². The zero-order chi connectivity index (χ0) is 34.4. The van der Waals surface area contributed by atoms with Gasteiger partial charge in [0.2, 0.25) is 6.33 Å². The second-order valence-corrected chi connectivity index (χ2v) is 15.6. The molecule has 3 aromatic heterocycles. The van der Waals surface area contributed by atoms with Gasteiger partial charge in [-0.1, -0.05) is 84.9 Å². The Morgan fingerprint density at radius 1 is 0.635 bits per heavy atom. The summed E-state index contributed by atoms with van der Waals surface area (Å²) in [6, 6.07) is 48.0. The predicted octanol–water partition coefficient (Wildman–Crippen LogP) is 10.3. The molecule has 0 spiro atoms. The average molecular weight is 677 g/mol. The van der Waals surface area contributed by atoms with Crippen LogP contribution in [0.25, 0.3) is 44.3 Å². The summed E-state index contributed by atoms with van der Waals surface area (Å²) in [6.07, 6.45) is 12.3. The normalized spacial score (nSPS) is 23.6. The van der Waals surface area contributed by atoms with E-state index in [0.717, 1.165) is 56.9 Å². The fourth-order valence-electron chi connectivity index (χ4n) is 11.0. The molecule has 52 heavy (non-hydrogen) atoms. The summed E-state index contributed by atoms with van der Waals surface area (Å²) < 4.78 is 13.1. The first-order valence-electron chi connectivity index (χ1n) is 18.9. The molecule has 3 heterocycles. The molecule has 0 atom stereocenters. The summed E-state index contributed by atoms with van der Waals surface area (Å²) in [5, 5.41) is 2.41. The van der Waals surface area contributed by atoms with Crippen LogP contribution in [0, 0.1) is 30.0 Å². The zero-order valence-electron chi connectivity index (χ0n) is 29.3. The molecule has 4 aliphatic carbocycles. The van der Waals surface area contributed by atoms with E-state index in [1.807, 2.05) is 23.7 Å². The van der Waals surface area contributed by atoms with Gasteiger partial charge in [0.05, 0.1) is 34.8 Å². The lowest BCUT2D eigenvalue weighted by molar-refractivity contribution is -0.649. The molecule has 4 fully saturated rings. The number of hydrogen-bond donors (Lipinski definition) is 0. The minimum atomic E-state index is 0.0178. The summed E-state index contributed by atoms with van der Waals surface area (Å²) in [5.74, 6) is 5.65. The largest absolute Gasteiger partial charge is 0.458 e. The highest BCUT2D eigenvalue weighted by molar-refractivity contribution is 6.09. The standard InChI is InChI=1S/C47H40N4O/c1-49-30-50(44-17-8-7-16-43(44)49)37-12-9-13-38(28-37)52-39-18-19-41-40-14-5-6-15-42(40)51(45(41)29-39)46-27-34(20-21-48-46)47(33-10-3-2-4-11-33)35-23-31-22-32(25-35)26-36(47)24-31/h2-21,27-29,31-32,35-36H,22-26H2,1H3. The van der Waals surface area contributed by atoms with Crippen molar-refractivity contribution in [3.8, 4) is 23.0 Å². The van der Waals surface area contributed by atoms with Crippen LogP contribution in [-0.4, -0.2) is 14.1 Å². The van der Waals surface area contributed by atoms with Crippen LogP contribution in [0.1, 0.15) is 43.2 Å². The lowest BCUT2D eigenvalue weighted by Crippen LogP contribution is -2.56. The highest BCUT2D eigenvalue weighted by atomic mass is 16.5. The summed E-state index contributed by atoms with van der Waals surface area (Å²) in [7, 11) is 2.03. The molecule has 12 rings (SSSR count). The molecule has 8 aromatic rings. The second-order valence-electron chi connectivity index (χ2n) is 15.6. The summed E-state index contributed by atoms with van der Waals surface area (Å²) in [4.78, 5) is 5.12. The minimum absolute atomic E-state index is 0.0178. The van der Waals surface area contributed by atoms with Crippen molar-refractivity contribution in [2.45, 2.75) is 37.5 Å². The number of pyridine rings is 1. The van der Waals surface area contributed by atoms with Gasteiger partial charge in [-0.15, -0.1) is 0 Å². The number of para-hydroxylation sites is 3. The Bertz CT molecular complexity index is 2620. The fraction of sp³-hybridized carbons (Fsp3) is 0.234. The molecule has 0 radical (unpaired) electrons. The minimum Gasteiger partial charge on any atom is -0.458 e. The van der Waals surface area contributed by atoms with E-state index in [4.69, 9.17) is 9.72 Å². The molecule has 4 aliphatic rings. The van der Waals surface area contributed by atoms with Crippen molar-refractivity contribution in [2.24, 2.45) is 30.7 Å². The van der Waals surface area contributed by atoms with Gasteiger partial charge in [0.15, 0.2) is 0 Å². The Kier molecular flexibility index (Phi) is 6.58. The van der Waals surface area contributed by atoms with E-state index in [-0.39, 0.29) is 5.41 Å². The molecule has 5 heteroatoms. The van der Waals surface area contributed by atoms with E-state index in [1.54, 1.807) is 0 Å². The number of benzene rings is 5. The number of imidazole rings is 1. The molecular formula is C47H40N4O. The van der Waals surface area contributed by atoms with E-state index in [2.05, 4.69) is 143 Å². The first-order valence-corrected chi connectivity index (χ1v) is 18.9. The third-order valence-electron chi connectivity index (χ3n) is 12.8. The van der Waals surface area contributed by atoms with Crippen molar-refractivity contribution >= 4 is 32.8 Å². The van der Waals surface area contributed by atoms with Gasteiger partial charge in [-0.3, -0.25) is 4.57 Å². The van der Waals surface area contributed by atoms with E-state index in [1.165, 1.54) is 54.0 Å². The van der Waals surface area contributed by atoms with Gasteiger partial charge >= 0.3 is 0 Å². The van der Waals surface area contributed by atoms with E-state index in [9.17, 15) is 0 Å². The Hall–Kier alpha value is -5.68. The van der Waals surface area contributed by atoms with Crippen LogP contribution >= 0.6 is 0 Å². The number of aromatic nitrogens is 4. The second kappa shape index (κ2) is 11.4. The maximum Gasteiger partial charge on any atom is 0.244 e. The average Bonchev–Trinajstić information content (AvgIpc) is 3.69. The SMILES string of the molecule is C[n+]1[c-]n(-c2cccc(Oc3ccc4c5ccccc5n(-c5cc(C6(c7ccccc7)C7CC8CC(C7)CC6C8)ccn5)c4c3)c2)c2ccccc21. The highest BCUT2D eigenvalue weighted by Gasteiger charge is 2.58. The molecule has 0 amide bonds. The third kappa shape index (κ3) is 4.41. The summed E-state index contributed by atoms with van der Waals surface area (Å²) in [6.45, 7) is 0. The zero-order valence-corrected chi connectivity index (χ0v) is 29.3. The van der Waals surface area contributed by atoms with Gasteiger partial charge in [-0.2, -0.15) is 0 Å². The number of nitrogens with zero attached hydrogens (tertiary/aromatic N) is 4. The smallest absolute Gasteiger partial charge is 0.244 e. The molecule has 5 nitrogen and oxygen atoms in total. The van der Waals surface area contributed by atoms with Crippen molar-refractivity contribution in [3.05, 3.63) is 157 Å². The van der Waals surface area contributed by atoms with Crippen molar-refractivity contribution < 1.29 is 9.30 Å². The Balaban J connectivity index is 1.03. The maximum atomic E-state index is 6.64. The summed E-state index contributed by atoms with van der Waals surface area (Å²) in [5.41, 5.74) is 8.41. The van der Waals surface area contributed by atoms with Crippen LogP contribution < -0.4 is 9.30 Å². The molecule has 0 N–H and O–H groups in total. The summed E-state index contributed by atoms with van der Waals surface area (Å²) >= 11 is 0. The van der Waals surface area contributed by atoms with Crippen LogP contribution in [-0.2, 0) is 12.5 Å². The topological polar surface area (TPSA) is 35.9 Å². The molecule has 0 saturated heterocycles. The maximum absolute atomic E-state index is 6.64. The molecule has 4 bridgehead atoms. The lowest BCUT2D eigenvalue weighted by Gasteiger charge is -2.62. The van der Waals surface area contributed by atoms with Crippen molar-refractivity contribution in [3.63, 3.8) is 0 Å². The monoisotopic (exact) mass is 676 g/mol. The quantitative estimate of drug-likeness (QED) is 0.130. The van der Waals surface area contributed by atoms with E-state index >= 15 is 0 Å². The molecule has 0 unspecified atom stereocenters. The number of aryl methyl sites for hydroxylation is 1. The van der Waals surface area contributed by atoms with Gasteiger partial charge in [0.25, 0.3) is 0 Å². The van der Waals surface area contributed by atoms with Crippen molar-refractivity contribution in [1.29, 1.82) is 0 Å². The molecule has 254 valence electrons. The highest BCUT2D eigenvalue weighted by Crippen LogP contribution is 2.65. The van der Waals surface area contributed by atoms with Crippen LogP contribution in [0.2, 0.25) is 0 Å². The molecular weight excluding hydrogens is 637 g/mol. The number of hydrogen-bond acceptors (Lipinski definition) is 2. The van der Waals surface area contributed by atoms with Crippen molar-refractivity contribution in [1.82, 2.24) is 14.1 Å². The van der Waals surface area contributed by atoms with Gasteiger partial charge in [0.1, 0.15) is 17.3 Å². The first-order chi connectivity index (χ1) is 25.6. The van der Waals surface area contributed by atoms with Gasteiger partial charge in [0, 0.05) is 28.5 Å². The van der Waals surface area contributed by atoms with Crippen LogP contribution in [0.15, 0.2) is 140 Å². The van der Waals surface area contributed by atoms with E-state index < -0.39 is 0 Å². The van der Waals surface area contributed by atoms with Crippen molar-refractivity contribution in [2.75, 3.05) is 0 Å². The molecule has 4 saturated carbocycles.